The van der Waals surface area contributed by atoms with Crippen LogP contribution in [0.25, 0.3) is 0 Å². The molecule has 0 unspecified atom stereocenters. The monoisotopic (exact) mass is 305 g/mol. The predicted molar refractivity (Wildman–Crippen MR) is 92.0 cm³/mol. The number of hydrogen-bond donors (Lipinski definition) is 1. The molecule has 22 heavy (non-hydrogen) atoms. The highest BCUT2D eigenvalue weighted by Gasteiger charge is 2.20. The molecule has 5 heteroatoms. The topological polar surface area (TPSA) is 45.5 Å². The van der Waals surface area contributed by atoms with Crippen molar-refractivity contribution in [3.8, 4) is 0 Å². The molecule has 1 aliphatic rings. The summed E-state index contributed by atoms with van der Waals surface area (Å²) in [4.78, 5) is 11.1. The summed E-state index contributed by atoms with van der Waals surface area (Å²) in [5, 5.41) is 3.41. The maximum absolute atomic E-state index is 4.75. The number of aromatic nitrogens is 2. The number of hydrogen-bond acceptors (Lipinski definition) is 2. The molecule has 0 atom stereocenters. The molecule has 1 heterocycles. The predicted octanol–water partition coefficient (Wildman–Crippen LogP) is 2.61. The van der Waals surface area contributed by atoms with Gasteiger partial charge >= 0.3 is 0 Å². The van der Waals surface area contributed by atoms with E-state index in [-0.39, 0.29) is 0 Å². The van der Waals surface area contributed by atoms with E-state index in [4.69, 9.17) is 4.99 Å². The quantitative estimate of drug-likeness (QED) is 0.649. The second-order valence-corrected chi connectivity index (χ2v) is 6.54. The Morgan fingerprint density at radius 2 is 2.14 bits per heavy atom. The molecule has 0 aliphatic heterocycles. The van der Waals surface area contributed by atoms with Crippen molar-refractivity contribution < 1.29 is 0 Å². The minimum atomic E-state index is 0.782. The highest BCUT2D eigenvalue weighted by atomic mass is 15.3. The number of nitrogens with one attached hydrogen (secondary N) is 1. The van der Waals surface area contributed by atoms with Crippen LogP contribution in [0.5, 0.6) is 0 Å². The van der Waals surface area contributed by atoms with Gasteiger partial charge in [-0.05, 0) is 31.6 Å². The van der Waals surface area contributed by atoms with Gasteiger partial charge in [0.15, 0.2) is 5.96 Å². The lowest BCUT2D eigenvalue weighted by molar-refractivity contribution is 0.250. The highest BCUT2D eigenvalue weighted by molar-refractivity contribution is 5.79. The number of guanidine groups is 1. The summed E-state index contributed by atoms with van der Waals surface area (Å²) in [6.07, 6.45) is 11.1. The Bertz CT molecular complexity index is 432. The van der Waals surface area contributed by atoms with Crippen molar-refractivity contribution in [1.82, 2.24) is 19.8 Å². The first-order valence-electron chi connectivity index (χ1n) is 8.64. The van der Waals surface area contributed by atoms with E-state index in [0.29, 0.717) is 0 Å². The molecule has 0 radical (unpaired) electrons. The zero-order chi connectivity index (χ0) is 15.8. The van der Waals surface area contributed by atoms with E-state index >= 15 is 0 Å². The van der Waals surface area contributed by atoms with E-state index in [1.54, 1.807) is 0 Å². The molecule has 2 rings (SSSR count). The number of imidazole rings is 1. The average Bonchev–Trinajstić information content (AvgIpc) is 3.02. The van der Waals surface area contributed by atoms with Crippen LogP contribution in [0.3, 0.4) is 0 Å². The molecule has 1 aromatic rings. The van der Waals surface area contributed by atoms with Crippen LogP contribution in [0.4, 0.5) is 0 Å². The van der Waals surface area contributed by atoms with E-state index < -0.39 is 0 Å². The molecule has 124 valence electrons. The second kappa shape index (κ2) is 8.81. The molecule has 1 aliphatic carbocycles. The molecule has 1 aromatic heterocycles. The standard InChI is InChI=1S/C17H31N5/c1-4-19-17(20-10-12-22-11-9-18-14-22)21(3)13-16-7-5-15(2)6-8-16/h9,11,14-16H,4-8,10,12-13H2,1-3H3,(H,19,20). The SMILES string of the molecule is CCNC(=NCCn1ccnc1)N(C)CC1CCC(C)CC1. The minimum absolute atomic E-state index is 0.782. The lowest BCUT2D eigenvalue weighted by Crippen LogP contribution is -2.42. The van der Waals surface area contributed by atoms with E-state index in [9.17, 15) is 0 Å². The zero-order valence-corrected chi connectivity index (χ0v) is 14.3. The van der Waals surface area contributed by atoms with E-state index in [2.05, 4.69) is 40.7 Å². The van der Waals surface area contributed by atoms with Crippen molar-refractivity contribution in [1.29, 1.82) is 0 Å². The molecule has 5 nitrogen and oxygen atoms in total. The van der Waals surface area contributed by atoms with Crippen molar-refractivity contribution in [2.45, 2.75) is 46.1 Å². The fourth-order valence-electron chi connectivity index (χ4n) is 3.15. The molecule has 0 bridgehead atoms. The first kappa shape index (κ1) is 16.8. The third kappa shape index (κ3) is 5.35. The Balaban J connectivity index is 1.82. The van der Waals surface area contributed by atoms with Crippen LogP contribution in [0.1, 0.15) is 39.5 Å². The third-order valence-electron chi connectivity index (χ3n) is 4.54. The summed E-state index contributed by atoms with van der Waals surface area (Å²) < 4.78 is 2.07. The average molecular weight is 305 g/mol. The summed E-state index contributed by atoms with van der Waals surface area (Å²) in [6, 6.07) is 0. The number of nitrogens with zero attached hydrogens (tertiary/aromatic N) is 4. The van der Waals surface area contributed by atoms with Crippen molar-refractivity contribution in [3.05, 3.63) is 18.7 Å². The first-order valence-corrected chi connectivity index (χ1v) is 8.64. The fourth-order valence-corrected chi connectivity index (χ4v) is 3.15. The van der Waals surface area contributed by atoms with Gasteiger partial charge in [0, 0.05) is 39.1 Å². The first-order chi connectivity index (χ1) is 10.7. The van der Waals surface area contributed by atoms with E-state index in [1.165, 1.54) is 25.7 Å². The van der Waals surface area contributed by atoms with Crippen molar-refractivity contribution in [2.24, 2.45) is 16.8 Å². The molecule has 0 saturated heterocycles. The van der Waals surface area contributed by atoms with Crippen molar-refractivity contribution in [3.63, 3.8) is 0 Å². The lowest BCUT2D eigenvalue weighted by atomic mass is 9.83. The van der Waals surface area contributed by atoms with Crippen LogP contribution >= 0.6 is 0 Å². The molecule has 1 fully saturated rings. The molecule has 1 saturated carbocycles. The Labute approximate surface area is 134 Å². The Hall–Kier alpha value is -1.52. The summed E-state index contributed by atoms with van der Waals surface area (Å²) in [7, 11) is 2.16. The summed E-state index contributed by atoms with van der Waals surface area (Å²) in [5.41, 5.74) is 0. The lowest BCUT2D eigenvalue weighted by Gasteiger charge is -2.31. The normalized spacial score (nSPS) is 22.6. The minimum Gasteiger partial charge on any atom is -0.357 e. The van der Waals surface area contributed by atoms with E-state index in [0.717, 1.165) is 44.0 Å². The van der Waals surface area contributed by atoms with Crippen LogP contribution < -0.4 is 5.32 Å². The van der Waals surface area contributed by atoms with Crippen LogP contribution in [0, 0.1) is 11.8 Å². The van der Waals surface area contributed by atoms with Gasteiger partial charge in [0.2, 0.25) is 0 Å². The van der Waals surface area contributed by atoms with Gasteiger partial charge < -0.3 is 14.8 Å². The van der Waals surface area contributed by atoms with Crippen LogP contribution in [-0.4, -0.2) is 47.1 Å². The van der Waals surface area contributed by atoms with Crippen molar-refractivity contribution in [2.75, 3.05) is 26.7 Å². The smallest absolute Gasteiger partial charge is 0.193 e. The van der Waals surface area contributed by atoms with Gasteiger partial charge in [0.25, 0.3) is 0 Å². The molecular formula is C17H31N5. The maximum atomic E-state index is 4.75. The van der Waals surface area contributed by atoms with E-state index in [1.807, 2.05) is 18.7 Å². The van der Waals surface area contributed by atoms with Gasteiger partial charge in [-0.25, -0.2) is 4.98 Å². The van der Waals surface area contributed by atoms with Gasteiger partial charge in [-0.3, -0.25) is 4.99 Å². The van der Waals surface area contributed by atoms with Crippen LogP contribution in [-0.2, 0) is 6.54 Å². The molecule has 1 N–H and O–H groups in total. The van der Waals surface area contributed by atoms with Gasteiger partial charge in [-0.15, -0.1) is 0 Å². The van der Waals surface area contributed by atoms with Gasteiger partial charge in [0.1, 0.15) is 0 Å². The van der Waals surface area contributed by atoms with Gasteiger partial charge in [-0.2, -0.15) is 0 Å². The van der Waals surface area contributed by atoms with Gasteiger partial charge in [0.05, 0.1) is 12.9 Å². The molecule has 0 aromatic carbocycles. The third-order valence-corrected chi connectivity index (χ3v) is 4.54. The van der Waals surface area contributed by atoms with Crippen LogP contribution in [0.15, 0.2) is 23.7 Å². The largest absolute Gasteiger partial charge is 0.357 e. The number of rotatable bonds is 6. The summed E-state index contributed by atoms with van der Waals surface area (Å²) in [5.74, 6) is 2.76. The summed E-state index contributed by atoms with van der Waals surface area (Å²) >= 11 is 0. The zero-order valence-electron chi connectivity index (χ0n) is 14.3. The van der Waals surface area contributed by atoms with Crippen LogP contribution in [0.2, 0.25) is 0 Å². The summed E-state index contributed by atoms with van der Waals surface area (Å²) in [6.45, 7) is 8.19. The maximum Gasteiger partial charge on any atom is 0.193 e. The second-order valence-electron chi connectivity index (χ2n) is 6.54. The number of aliphatic imine (C=N–C) groups is 1. The van der Waals surface area contributed by atoms with Gasteiger partial charge in [-0.1, -0.05) is 19.8 Å². The highest BCUT2D eigenvalue weighted by Crippen LogP contribution is 2.28. The Morgan fingerprint density at radius 3 is 2.77 bits per heavy atom. The molecule has 0 spiro atoms. The Kier molecular flexibility index (Phi) is 6.74. The van der Waals surface area contributed by atoms with Crippen molar-refractivity contribution >= 4 is 5.96 Å². The Morgan fingerprint density at radius 1 is 1.36 bits per heavy atom. The molecule has 0 amide bonds. The fraction of sp³-hybridized carbons (Fsp3) is 0.765. The molecular weight excluding hydrogens is 274 g/mol.